The molecule has 0 amide bonds. The molecule has 0 unspecified atom stereocenters. The molecule has 0 saturated heterocycles. The van der Waals surface area contributed by atoms with E-state index in [0.29, 0.717) is 11.6 Å². The van der Waals surface area contributed by atoms with Gasteiger partial charge in [0.1, 0.15) is 22.3 Å². The van der Waals surface area contributed by atoms with Crippen LogP contribution in [0.15, 0.2) is 29.3 Å². The largest absolute Gasteiger partial charge is 0.326 e. The highest BCUT2D eigenvalue weighted by Crippen LogP contribution is 2.20. The molecule has 19 heavy (non-hydrogen) atoms. The van der Waals surface area contributed by atoms with E-state index in [1.165, 1.54) is 6.20 Å². The van der Waals surface area contributed by atoms with Gasteiger partial charge in [-0.15, -0.1) is 0 Å². The summed E-state index contributed by atoms with van der Waals surface area (Å²) < 4.78 is 52.4. The molecule has 1 heterocycles. The Morgan fingerprint density at radius 2 is 2.11 bits per heavy atom. The van der Waals surface area contributed by atoms with Gasteiger partial charge in [0.05, 0.1) is 6.20 Å². The van der Waals surface area contributed by atoms with Gasteiger partial charge in [0.2, 0.25) is 0 Å². The third kappa shape index (κ3) is 2.71. The van der Waals surface area contributed by atoms with Crippen molar-refractivity contribution in [3.63, 3.8) is 0 Å². The summed E-state index contributed by atoms with van der Waals surface area (Å²) in [5.41, 5.74) is 5.78. The molecule has 0 spiro atoms. The SMILES string of the molecule is NCc1cn[nH]c1NS(=O)(=O)c1cc(F)ccc1F. The number of aromatic amines is 1. The second kappa shape index (κ2) is 4.94. The van der Waals surface area contributed by atoms with Crippen molar-refractivity contribution in [1.29, 1.82) is 0 Å². The van der Waals surface area contributed by atoms with Crippen LogP contribution >= 0.6 is 0 Å². The number of hydrogen-bond acceptors (Lipinski definition) is 4. The monoisotopic (exact) mass is 288 g/mol. The standard InChI is InChI=1S/C10H10F2N4O2S/c11-7-1-2-8(12)9(3-7)19(17,18)16-10-6(4-13)5-14-15-10/h1-3,5H,4,13H2,(H2,14,15,16). The van der Waals surface area contributed by atoms with E-state index < -0.39 is 26.6 Å². The van der Waals surface area contributed by atoms with Crippen molar-refractivity contribution in [2.24, 2.45) is 5.73 Å². The fourth-order valence-corrected chi connectivity index (χ4v) is 2.57. The molecule has 0 bridgehead atoms. The first-order valence-corrected chi connectivity index (χ1v) is 6.62. The van der Waals surface area contributed by atoms with Crippen LogP contribution in [0.25, 0.3) is 0 Å². The summed E-state index contributed by atoms with van der Waals surface area (Å²) in [6.45, 7) is 0.0417. The van der Waals surface area contributed by atoms with E-state index in [1.807, 2.05) is 0 Å². The summed E-state index contributed by atoms with van der Waals surface area (Å²) in [5, 5.41) is 5.99. The first-order chi connectivity index (χ1) is 8.94. The normalized spacial score (nSPS) is 11.5. The molecule has 0 atom stereocenters. The first-order valence-electron chi connectivity index (χ1n) is 5.14. The molecule has 0 aliphatic rings. The number of hydrogen-bond donors (Lipinski definition) is 3. The van der Waals surface area contributed by atoms with E-state index in [2.05, 4.69) is 14.9 Å². The average molecular weight is 288 g/mol. The van der Waals surface area contributed by atoms with E-state index in [1.54, 1.807) is 0 Å². The maximum atomic E-state index is 13.4. The maximum absolute atomic E-state index is 13.4. The Bertz CT molecular complexity index is 699. The van der Waals surface area contributed by atoms with Gasteiger partial charge in [0.25, 0.3) is 10.0 Å². The summed E-state index contributed by atoms with van der Waals surface area (Å²) in [5.74, 6) is -1.89. The van der Waals surface area contributed by atoms with Gasteiger partial charge in [-0.05, 0) is 18.2 Å². The van der Waals surface area contributed by atoms with Gasteiger partial charge >= 0.3 is 0 Å². The van der Waals surface area contributed by atoms with E-state index in [-0.39, 0.29) is 12.4 Å². The van der Waals surface area contributed by atoms with Gasteiger partial charge in [-0.3, -0.25) is 9.82 Å². The van der Waals surface area contributed by atoms with Crippen LogP contribution in [0.5, 0.6) is 0 Å². The van der Waals surface area contributed by atoms with Gasteiger partial charge in [-0.25, -0.2) is 17.2 Å². The lowest BCUT2D eigenvalue weighted by Gasteiger charge is -2.08. The van der Waals surface area contributed by atoms with Crippen LogP contribution in [-0.4, -0.2) is 18.6 Å². The molecular weight excluding hydrogens is 278 g/mol. The number of anilines is 1. The maximum Gasteiger partial charge on any atom is 0.266 e. The highest BCUT2D eigenvalue weighted by Gasteiger charge is 2.21. The fourth-order valence-electron chi connectivity index (χ4n) is 1.43. The summed E-state index contributed by atoms with van der Waals surface area (Å²) in [6, 6.07) is 2.16. The average Bonchev–Trinajstić information content (AvgIpc) is 2.78. The lowest BCUT2D eigenvalue weighted by molar-refractivity contribution is 0.555. The number of sulfonamides is 1. The van der Waals surface area contributed by atoms with Crippen LogP contribution in [0.3, 0.4) is 0 Å². The highest BCUT2D eigenvalue weighted by atomic mass is 32.2. The Labute approximate surface area is 107 Å². The third-order valence-electron chi connectivity index (χ3n) is 2.36. The number of H-pyrrole nitrogens is 1. The van der Waals surface area contributed by atoms with Gasteiger partial charge in [0, 0.05) is 12.1 Å². The van der Waals surface area contributed by atoms with E-state index in [0.717, 1.165) is 12.1 Å². The molecule has 2 aromatic rings. The number of rotatable bonds is 4. The molecule has 1 aromatic carbocycles. The second-order valence-corrected chi connectivity index (χ2v) is 5.31. The zero-order valence-electron chi connectivity index (χ0n) is 9.52. The minimum atomic E-state index is -4.26. The second-order valence-electron chi connectivity index (χ2n) is 3.65. The lowest BCUT2D eigenvalue weighted by atomic mass is 10.3. The third-order valence-corrected chi connectivity index (χ3v) is 3.72. The van der Waals surface area contributed by atoms with Gasteiger partial charge in [-0.2, -0.15) is 5.10 Å². The van der Waals surface area contributed by atoms with E-state index in [4.69, 9.17) is 5.73 Å². The van der Waals surface area contributed by atoms with Crippen molar-refractivity contribution in [3.8, 4) is 0 Å². The summed E-state index contributed by atoms with van der Waals surface area (Å²) in [7, 11) is -4.26. The van der Waals surface area contributed by atoms with Crippen molar-refractivity contribution in [2.75, 3.05) is 4.72 Å². The predicted octanol–water partition coefficient (Wildman–Crippen LogP) is 0.947. The summed E-state index contributed by atoms with van der Waals surface area (Å²) in [4.78, 5) is -0.787. The Balaban J connectivity index is 2.41. The highest BCUT2D eigenvalue weighted by molar-refractivity contribution is 7.92. The van der Waals surface area contributed by atoms with Gasteiger partial charge in [0.15, 0.2) is 0 Å². The number of benzene rings is 1. The molecule has 4 N–H and O–H groups in total. The molecular formula is C10H10F2N4O2S. The number of nitrogens with two attached hydrogens (primary N) is 1. The van der Waals surface area contributed by atoms with Crippen LogP contribution in [0, 0.1) is 11.6 Å². The minimum absolute atomic E-state index is 0.0196. The van der Waals surface area contributed by atoms with Crippen molar-refractivity contribution in [1.82, 2.24) is 10.2 Å². The number of nitrogens with one attached hydrogen (secondary N) is 2. The van der Waals surface area contributed by atoms with Gasteiger partial charge in [-0.1, -0.05) is 0 Å². The fraction of sp³-hybridized carbons (Fsp3) is 0.100. The van der Waals surface area contributed by atoms with Crippen LogP contribution in [0.1, 0.15) is 5.56 Å². The van der Waals surface area contributed by atoms with Crippen LogP contribution in [-0.2, 0) is 16.6 Å². The van der Waals surface area contributed by atoms with Crippen molar-refractivity contribution >= 4 is 15.8 Å². The van der Waals surface area contributed by atoms with Crippen molar-refractivity contribution in [3.05, 3.63) is 41.6 Å². The molecule has 9 heteroatoms. The lowest BCUT2D eigenvalue weighted by Crippen LogP contribution is -2.16. The number of aromatic nitrogens is 2. The van der Waals surface area contributed by atoms with E-state index in [9.17, 15) is 17.2 Å². The molecule has 0 aliphatic heterocycles. The molecule has 2 rings (SSSR count). The topological polar surface area (TPSA) is 101 Å². The van der Waals surface area contributed by atoms with Crippen molar-refractivity contribution < 1.29 is 17.2 Å². The molecule has 102 valence electrons. The Hall–Kier alpha value is -2.00. The molecule has 0 saturated carbocycles. The van der Waals surface area contributed by atoms with Crippen LogP contribution in [0.4, 0.5) is 14.6 Å². The quantitative estimate of drug-likeness (QED) is 0.779. The molecule has 6 nitrogen and oxygen atoms in total. The van der Waals surface area contributed by atoms with Crippen LogP contribution < -0.4 is 10.5 Å². The van der Waals surface area contributed by atoms with E-state index >= 15 is 0 Å². The number of nitrogens with zero attached hydrogens (tertiary/aromatic N) is 1. The molecule has 0 aliphatic carbocycles. The van der Waals surface area contributed by atoms with Crippen molar-refractivity contribution in [2.45, 2.75) is 11.4 Å². The zero-order chi connectivity index (χ0) is 14.0. The minimum Gasteiger partial charge on any atom is -0.326 e. The zero-order valence-corrected chi connectivity index (χ0v) is 10.3. The smallest absolute Gasteiger partial charge is 0.266 e. The molecule has 0 fully saturated rings. The first kappa shape index (κ1) is 13.4. The summed E-state index contributed by atoms with van der Waals surface area (Å²) >= 11 is 0. The Morgan fingerprint density at radius 3 is 2.79 bits per heavy atom. The number of halogens is 2. The Morgan fingerprint density at radius 1 is 1.37 bits per heavy atom. The predicted molar refractivity (Wildman–Crippen MR) is 63.6 cm³/mol. The van der Waals surface area contributed by atoms with Gasteiger partial charge < -0.3 is 5.73 Å². The Kier molecular flexibility index (Phi) is 3.49. The van der Waals surface area contributed by atoms with Crippen LogP contribution in [0.2, 0.25) is 0 Å². The summed E-state index contributed by atoms with van der Waals surface area (Å²) in [6.07, 6.45) is 1.33. The molecule has 1 aromatic heterocycles. The molecule has 0 radical (unpaired) electrons.